The average Bonchev–Trinajstić information content (AvgIpc) is 2.71. The molecule has 0 aliphatic heterocycles. The molecule has 29 heavy (non-hydrogen) atoms. The molecule has 148 valence electrons. The van der Waals surface area contributed by atoms with Crippen LogP contribution in [0, 0.1) is 13.8 Å². The van der Waals surface area contributed by atoms with Crippen LogP contribution in [0.25, 0.3) is 0 Å². The van der Waals surface area contributed by atoms with Crippen molar-refractivity contribution >= 4 is 29.3 Å². The largest absolute Gasteiger partial charge is 0.454 e. The lowest BCUT2D eigenvalue weighted by atomic mass is 10.1. The predicted molar refractivity (Wildman–Crippen MR) is 117 cm³/mol. The molecular formula is C24H23NO3S. The Hall–Kier alpha value is -3.05. The minimum atomic E-state index is -0.549. The Morgan fingerprint density at radius 3 is 2.10 bits per heavy atom. The third kappa shape index (κ3) is 6.22. The Labute approximate surface area is 175 Å². The van der Waals surface area contributed by atoms with E-state index >= 15 is 0 Å². The lowest BCUT2D eigenvalue weighted by Crippen LogP contribution is -2.23. The van der Waals surface area contributed by atoms with Gasteiger partial charge in [0, 0.05) is 10.6 Å². The summed E-state index contributed by atoms with van der Waals surface area (Å²) >= 11 is 1.40. The minimum Gasteiger partial charge on any atom is -0.454 e. The number of carbonyl (C=O) groups excluding carboxylic acids is 2. The van der Waals surface area contributed by atoms with Crippen LogP contribution >= 0.6 is 11.8 Å². The second-order valence-electron chi connectivity index (χ2n) is 6.75. The van der Waals surface area contributed by atoms with Crippen molar-refractivity contribution in [2.75, 3.05) is 11.9 Å². The van der Waals surface area contributed by atoms with Crippen LogP contribution in [0.4, 0.5) is 5.69 Å². The first kappa shape index (κ1) is 20.7. The molecule has 0 spiro atoms. The van der Waals surface area contributed by atoms with Crippen LogP contribution < -0.4 is 5.32 Å². The van der Waals surface area contributed by atoms with Gasteiger partial charge in [0.1, 0.15) is 5.25 Å². The zero-order chi connectivity index (χ0) is 20.6. The molecule has 0 unspecified atom stereocenters. The number of rotatable bonds is 7. The van der Waals surface area contributed by atoms with Gasteiger partial charge in [0.15, 0.2) is 6.61 Å². The lowest BCUT2D eigenvalue weighted by Gasteiger charge is -2.16. The van der Waals surface area contributed by atoms with Crippen LogP contribution in [0.1, 0.15) is 21.9 Å². The fourth-order valence-corrected chi connectivity index (χ4v) is 4.02. The topological polar surface area (TPSA) is 55.4 Å². The van der Waals surface area contributed by atoms with Crippen LogP contribution in [0.2, 0.25) is 0 Å². The number of aryl methyl sites for hydroxylation is 2. The Morgan fingerprint density at radius 1 is 0.897 bits per heavy atom. The molecule has 0 radical (unpaired) electrons. The number of amides is 1. The average molecular weight is 406 g/mol. The monoisotopic (exact) mass is 405 g/mol. The SMILES string of the molecule is Cc1cc(C)cc(NC(=O)COC(=O)[C@@H](Sc2ccccc2)c2ccccc2)c1. The van der Waals surface area contributed by atoms with Crippen LogP contribution in [0.15, 0.2) is 83.8 Å². The summed E-state index contributed by atoms with van der Waals surface area (Å²) in [5.74, 6) is -0.805. The summed E-state index contributed by atoms with van der Waals surface area (Å²) < 4.78 is 5.35. The van der Waals surface area contributed by atoms with Gasteiger partial charge in [0.2, 0.25) is 0 Å². The summed E-state index contributed by atoms with van der Waals surface area (Å²) in [4.78, 5) is 26.0. The van der Waals surface area contributed by atoms with E-state index in [1.165, 1.54) is 11.8 Å². The van der Waals surface area contributed by atoms with E-state index in [4.69, 9.17) is 4.74 Å². The van der Waals surface area contributed by atoms with Gasteiger partial charge in [-0.1, -0.05) is 54.6 Å². The molecule has 5 heteroatoms. The summed E-state index contributed by atoms with van der Waals surface area (Å²) in [7, 11) is 0. The molecule has 0 saturated heterocycles. The highest BCUT2D eigenvalue weighted by atomic mass is 32.2. The van der Waals surface area contributed by atoms with Crippen molar-refractivity contribution in [1.29, 1.82) is 0 Å². The minimum absolute atomic E-state index is 0.329. The molecule has 1 N–H and O–H groups in total. The maximum Gasteiger partial charge on any atom is 0.324 e. The van der Waals surface area contributed by atoms with Crippen LogP contribution in [0.5, 0.6) is 0 Å². The van der Waals surface area contributed by atoms with Gasteiger partial charge < -0.3 is 10.1 Å². The van der Waals surface area contributed by atoms with Crippen LogP contribution in [0.3, 0.4) is 0 Å². The number of carbonyl (C=O) groups is 2. The second kappa shape index (κ2) is 9.94. The normalized spacial score (nSPS) is 11.5. The molecule has 0 bridgehead atoms. The number of thioether (sulfide) groups is 1. The Bertz CT molecular complexity index is 954. The first-order valence-electron chi connectivity index (χ1n) is 9.33. The van der Waals surface area contributed by atoms with Crippen LogP contribution in [-0.2, 0) is 14.3 Å². The summed E-state index contributed by atoms with van der Waals surface area (Å²) in [6.07, 6.45) is 0. The molecular weight excluding hydrogens is 382 g/mol. The Kier molecular flexibility index (Phi) is 7.09. The van der Waals surface area contributed by atoms with E-state index in [9.17, 15) is 9.59 Å². The van der Waals surface area contributed by atoms with Crippen molar-refractivity contribution < 1.29 is 14.3 Å². The molecule has 1 atom stereocenters. The van der Waals surface area contributed by atoms with E-state index < -0.39 is 11.2 Å². The molecule has 0 fully saturated rings. The van der Waals surface area contributed by atoms with Crippen molar-refractivity contribution in [3.63, 3.8) is 0 Å². The van der Waals surface area contributed by atoms with Gasteiger partial charge in [-0.25, -0.2) is 0 Å². The summed E-state index contributed by atoms with van der Waals surface area (Å²) in [5.41, 5.74) is 3.64. The van der Waals surface area contributed by atoms with Crippen molar-refractivity contribution in [2.45, 2.75) is 24.0 Å². The lowest BCUT2D eigenvalue weighted by molar-refractivity contribution is -0.146. The maximum absolute atomic E-state index is 12.8. The molecule has 1 amide bonds. The number of hydrogen-bond acceptors (Lipinski definition) is 4. The van der Waals surface area contributed by atoms with E-state index in [-0.39, 0.29) is 12.5 Å². The number of nitrogens with one attached hydrogen (secondary N) is 1. The van der Waals surface area contributed by atoms with Gasteiger partial charge in [-0.2, -0.15) is 0 Å². The van der Waals surface area contributed by atoms with E-state index in [0.29, 0.717) is 5.69 Å². The van der Waals surface area contributed by atoms with Crippen molar-refractivity contribution in [3.05, 3.63) is 95.6 Å². The first-order valence-corrected chi connectivity index (χ1v) is 10.2. The zero-order valence-corrected chi connectivity index (χ0v) is 17.2. The maximum atomic E-state index is 12.8. The third-order valence-corrected chi connectivity index (χ3v) is 5.41. The first-order chi connectivity index (χ1) is 14.0. The fourth-order valence-electron chi connectivity index (χ4n) is 2.97. The summed E-state index contributed by atoms with van der Waals surface area (Å²) in [6.45, 7) is 3.60. The Balaban J connectivity index is 1.65. The van der Waals surface area contributed by atoms with Gasteiger partial charge in [0.25, 0.3) is 5.91 Å². The van der Waals surface area contributed by atoms with Gasteiger partial charge in [-0.05, 0) is 54.8 Å². The summed E-state index contributed by atoms with van der Waals surface area (Å²) in [5, 5.41) is 2.24. The van der Waals surface area contributed by atoms with E-state index in [1.54, 1.807) is 0 Å². The number of ether oxygens (including phenoxy) is 1. The van der Waals surface area contributed by atoms with E-state index in [0.717, 1.165) is 21.6 Å². The van der Waals surface area contributed by atoms with Crippen molar-refractivity contribution in [1.82, 2.24) is 0 Å². The molecule has 3 rings (SSSR count). The van der Waals surface area contributed by atoms with Gasteiger partial charge in [-0.3, -0.25) is 9.59 Å². The molecule has 0 aromatic heterocycles. The zero-order valence-electron chi connectivity index (χ0n) is 16.4. The fraction of sp³-hybridized carbons (Fsp3) is 0.167. The predicted octanol–water partition coefficient (Wildman–Crippen LogP) is 5.32. The third-order valence-electron chi connectivity index (χ3n) is 4.16. The smallest absolute Gasteiger partial charge is 0.324 e. The van der Waals surface area contributed by atoms with E-state index in [2.05, 4.69) is 5.32 Å². The highest BCUT2D eigenvalue weighted by Gasteiger charge is 2.24. The van der Waals surface area contributed by atoms with Crippen LogP contribution in [-0.4, -0.2) is 18.5 Å². The number of esters is 1. The van der Waals surface area contributed by atoms with Crippen molar-refractivity contribution in [3.8, 4) is 0 Å². The standard InChI is InChI=1S/C24H23NO3S/c1-17-13-18(2)15-20(14-17)25-22(26)16-28-24(27)23(19-9-5-3-6-10-19)29-21-11-7-4-8-12-21/h3-15,23H,16H2,1-2H3,(H,25,26)/t23-/m0/s1. The molecule has 0 aliphatic rings. The molecule has 0 saturated carbocycles. The number of benzene rings is 3. The molecule has 3 aromatic rings. The van der Waals surface area contributed by atoms with Crippen molar-refractivity contribution in [2.24, 2.45) is 0 Å². The van der Waals surface area contributed by atoms with Gasteiger partial charge in [0.05, 0.1) is 0 Å². The molecule has 0 aliphatic carbocycles. The molecule has 0 heterocycles. The quantitative estimate of drug-likeness (QED) is 0.427. The second-order valence-corrected chi connectivity index (χ2v) is 7.93. The highest BCUT2D eigenvalue weighted by molar-refractivity contribution is 8.00. The van der Waals surface area contributed by atoms with E-state index in [1.807, 2.05) is 92.7 Å². The number of hydrogen-bond donors (Lipinski definition) is 1. The van der Waals surface area contributed by atoms with Gasteiger partial charge in [-0.15, -0.1) is 11.8 Å². The number of anilines is 1. The Morgan fingerprint density at radius 2 is 1.48 bits per heavy atom. The summed E-state index contributed by atoms with van der Waals surface area (Å²) in [6, 6.07) is 24.9. The molecule has 4 nitrogen and oxygen atoms in total. The molecule has 3 aromatic carbocycles. The highest BCUT2D eigenvalue weighted by Crippen LogP contribution is 2.36. The van der Waals surface area contributed by atoms with Gasteiger partial charge >= 0.3 is 5.97 Å².